The molecule has 62 valence electrons. The molecule has 0 aromatic rings. The maximum atomic E-state index is 11.9. The van der Waals surface area contributed by atoms with Crippen LogP contribution in [0.15, 0.2) is 23.9 Å². The zero-order valence-corrected chi connectivity index (χ0v) is 6.91. The van der Waals surface area contributed by atoms with Gasteiger partial charge in [-0.15, -0.1) is 0 Å². The molecular formula is C6H5BrF3N. The minimum absolute atomic E-state index is 0.427. The number of rotatable bonds is 0. The third-order valence-corrected chi connectivity index (χ3v) is 1.68. The van der Waals surface area contributed by atoms with Crippen LogP contribution in [0.4, 0.5) is 13.2 Å². The molecule has 0 bridgehead atoms. The molecule has 0 radical (unpaired) electrons. The number of nitrogens with one attached hydrogen (secondary N) is 1. The van der Waals surface area contributed by atoms with Crippen LogP contribution in [0.3, 0.4) is 0 Å². The van der Waals surface area contributed by atoms with Gasteiger partial charge in [-0.1, -0.05) is 28.1 Å². The Balaban J connectivity index is 2.75. The zero-order chi connectivity index (χ0) is 8.48. The van der Waals surface area contributed by atoms with Gasteiger partial charge in [0, 0.05) is 0 Å². The van der Waals surface area contributed by atoms with Gasteiger partial charge in [0.2, 0.25) is 0 Å². The highest BCUT2D eigenvalue weighted by atomic mass is 79.9. The van der Waals surface area contributed by atoms with Crippen molar-refractivity contribution in [3.05, 3.63) is 23.9 Å². The maximum absolute atomic E-state index is 11.9. The molecule has 0 aromatic carbocycles. The Labute approximate surface area is 70.1 Å². The minimum Gasteiger partial charge on any atom is -0.365 e. The van der Waals surface area contributed by atoms with Crippen LogP contribution in [0.5, 0.6) is 0 Å². The molecule has 11 heavy (non-hydrogen) atoms. The first-order chi connectivity index (χ1) is 5.00. The summed E-state index contributed by atoms with van der Waals surface area (Å²) in [6.45, 7) is 0. The van der Waals surface area contributed by atoms with E-state index >= 15 is 0 Å². The summed E-state index contributed by atoms with van der Waals surface area (Å²) in [5.41, 5.74) is -0.720. The van der Waals surface area contributed by atoms with Gasteiger partial charge in [0.25, 0.3) is 0 Å². The molecule has 0 saturated carbocycles. The average molecular weight is 228 g/mol. The van der Waals surface area contributed by atoms with E-state index in [9.17, 15) is 13.2 Å². The van der Waals surface area contributed by atoms with Crippen molar-refractivity contribution < 1.29 is 13.2 Å². The molecule has 0 fully saturated rings. The van der Waals surface area contributed by atoms with Gasteiger partial charge >= 0.3 is 6.18 Å². The van der Waals surface area contributed by atoms with Crippen molar-refractivity contribution >= 4 is 15.9 Å². The standard InChI is InChI=1S/C6H5BrF3N/c7-5-3-1-2-4(11-5)6(8,9)10/h1-3,5,11H. The predicted octanol–water partition coefficient (Wildman–Crippen LogP) is 2.31. The van der Waals surface area contributed by atoms with Crippen LogP contribution in [-0.4, -0.2) is 11.1 Å². The molecule has 0 saturated heterocycles. The highest BCUT2D eigenvalue weighted by molar-refractivity contribution is 9.09. The van der Waals surface area contributed by atoms with E-state index in [4.69, 9.17) is 0 Å². The number of allylic oxidation sites excluding steroid dienone is 3. The molecule has 1 rings (SSSR count). The first-order valence-corrected chi connectivity index (χ1v) is 3.78. The fourth-order valence-electron chi connectivity index (χ4n) is 0.670. The molecule has 1 aliphatic heterocycles. The van der Waals surface area contributed by atoms with Crippen molar-refractivity contribution in [3.63, 3.8) is 0 Å². The van der Waals surface area contributed by atoms with Crippen molar-refractivity contribution in [1.29, 1.82) is 0 Å². The van der Waals surface area contributed by atoms with Gasteiger partial charge in [-0.05, 0) is 6.08 Å². The summed E-state index contributed by atoms with van der Waals surface area (Å²) in [5.74, 6) is 0. The summed E-state index contributed by atoms with van der Waals surface area (Å²) in [5, 5.41) is 2.22. The molecular weight excluding hydrogens is 223 g/mol. The molecule has 1 nitrogen and oxygen atoms in total. The molecule has 0 aromatic heterocycles. The lowest BCUT2D eigenvalue weighted by Crippen LogP contribution is -2.31. The molecule has 0 spiro atoms. The van der Waals surface area contributed by atoms with Crippen LogP contribution in [0.1, 0.15) is 0 Å². The van der Waals surface area contributed by atoms with Crippen LogP contribution in [-0.2, 0) is 0 Å². The van der Waals surface area contributed by atoms with Gasteiger partial charge in [0.15, 0.2) is 0 Å². The Hall–Kier alpha value is -0.450. The summed E-state index contributed by atoms with van der Waals surface area (Å²) in [7, 11) is 0. The third-order valence-electron chi connectivity index (χ3n) is 1.14. The number of halogens is 4. The quantitative estimate of drug-likeness (QED) is 0.495. The lowest BCUT2D eigenvalue weighted by molar-refractivity contribution is -0.0968. The monoisotopic (exact) mass is 227 g/mol. The van der Waals surface area contributed by atoms with E-state index in [0.29, 0.717) is 0 Å². The Morgan fingerprint density at radius 1 is 1.45 bits per heavy atom. The van der Waals surface area contributed by atoms with Crippen LogP contribution < -0.4 is 5.32 Å². The Morgan fingerprint density at radius 2 is 2.09 bits per heavy atom. The third kappa shape index (κ3) is 2.25. The highest BCUT2D eigenvalue weighted by Crippen LogP contribution is 2.26. The number of dihydropyridines is 1. The van der Waals surface area contributed by atoms with E-state index in [2.05, 4.69) is 21.2 Å². The van der Waals surface area contributed by atoms with E-state index in [1.165, 1.54) is 6.08 Å². The fraction of sp³-hybridized carbons (Fsp3) is 0.333. The van der Waals surface area contributed by atoms with Crippen molar-refractivity contribution in [1.82, 2.24) is 5.32 Å². The summed E-state index contributed by atoms with van der Waals surface area (Å²) in [4.78, 5) is -0.427. The van der Waals surface area contributed by atoms with Crippen molar-refractivity contribution in [2.75, 3.05) is 0 Å². The zero-order valence-electron chi connectivity index (χ0n) is 5.32. The van der Waals surface area contributed by atoms with Crippen LogP contribution >= 0.6 is 15.9 Å². The molecule has 1 aliphatic rings. The first-order valence-electron chi connectivity index (χ1n) is 2.86. The predicted molar refractivity (Wildman–Crippen MR) is 39.1 cm³/mol. The fourth-order valence-corrected chi connectivity index (χ4v) is 1.09. The average Bonchev–Trinajstić information content (AvgIpc) is 1.86. The van der Waals surface area contributed by atoms with Crippen molar-refractivity contribution in [2.24, 2.45) is 0 Å². The summed E-state index contributed by atoms with van der Waals surface area (Å²) >= 11 is 2.98. The minimum atomic E-state index is -4.28. The second-order valence-corrected chi connectivity index (χ2v) is 3.00. The largest absolute Gasteiger partial charge is 0.430 e. The van der Waals surface area contributed by atoms with Gasteiger partial charge in [0.1, 0.15) is 10.6 Å². The smallest absolute Gasteiger partial charge is 0.365 e. The van der Waals surface area contributed by atoms with Crippen molar-refractivity contribution in [3.8, 4) is 0 Å². The summed E-state index contributed by atoms with van der Waals surface area (Å²) in [6, 6.07) is 0. The lowest BCUT2D eigenvalue weighted by atomic mass is 10.3. The Bertz CT molecular complexity index is 206. The number of hydrogen-bond acceptors (Lipinski definition) is 1. The first kappa shape index (κ1) is 8.64. The molecule has 1 heterocycles. The van der Waals surface area contributed by atoms with Crippen LogP contribution in [0, 0.1) is 0 Å². The van der Waals surface area contributed by atoms with Gasteiger partial charge in [-0.3, -0.25) is 0 Å². The molecule has 1 atom stereocenters. The molecule has 1 unspecified atom stereocenters. The molecule has 1 N–H and O–H groups in total. The second kappa shape index (κ2) is 2.89. The lowest BCUT2D eigenvalue weighted by Gasteiger charge is -2.18. The van der Waals surface area contributed by atoms with E-state index in [0.717, 1.165) is 6.08 Å². The van der Waals surface area contributed by atoms with E-state index in [-0.39, 0.29) is 0 Å². The van der Waals surface area contributed by atoms with Gasteiger partial charge in [-0.2, -0.15) is 13.2 Å². The van der Waals surface area contributed by atoms with E-state index in [1.54, 1.807) is 6.08 Å². The topological polar surface area (TPSA) is 12.0 Å². The van der Waals surface area contributed by atoms with Crippen molar-refractivity contribution in [2.45, 2.75) is 11.1 Å². The Kier molecular flexibility index (Phi) is 2.27. The van der Waals surface area contributed by atoms with E-state index in [1.807, 2.05) is 0 Å². The Morgan fingerprint density at radius 3 is 2.45 bits per heavy atom. The van der Waals surface area contributed by atoms with Gasteiger partial charge < -0.3 is 5.32 Å². The molecule has 0 aliphatic carbocycles. The van der Waals surface area contributed by atoms with Crippen LogP contribution in [0.2, 0.25) is 0 Å². The normalized spacial score (nSPS) is 24.4. The molecule has 0 amide bonds. The van der Waals surface area contributed by atoms with E-state index < -0.39 is 16.8 Å². The van der Waals surface area contributed by atoms with Crippen LogP contribution in [0.25, 0.3) is 0 Å². The summed E-state index contributed by atoms with van der Waals surface area (Å²) in [6.07, 6.45) is -0.345. The number of alkyl halides is 4. The van der Waals surface area contributed by atoms with Gasteiger partial charge in [-0.25, -0.2) is 0 Å². The van der Waals surface area contributed by atoms with Gasteiger partial charge in [0.05, 0.1) is 0 Å². The second-order valence-electron chi connectivity index (χ2n) is 2.01. The molecule has 5 heteroatoms. The maximum Gasteiger partial charge on any atom is 0.430 e. The highest BCUT2D eigenvalue weighted by Gasteiger charge is 2.34. The summed E-state index contributed by atoms with van der Waals surface area (Å²) < 4.78 is 35.8. The number of hydrogen-bond donors (Lipinski definition) is 1. The SMILES string of the molecule is FC(F)(F)C1=CC=CC(Br)N1.